The molecule has 0 saturated carbocycles. The molecular weight excluding hydrogens is 220 g/mol. The Hall–Kier alpha value is -1.39. The number of carbonyl (C=O) groups excluding carboxylic acids is 1. The summed E-state index contributed by atoms with van der Waals surface area (Å²) in [5, 5.41) is 10.8. The Morgan fingerprint density at radius 1 is 1.35 bits per heavy atom. The minimum Gasteiger partial charge on any atom is -0.375 e. The van der Waals surface area contributed by atoms with Crippen molar-refractivity contribution in [1.82, 2.24) is 4.90 Å². The molecule has 1 aliphatic heterocycles. The summed E-state index contributed by atoms with van der Waals surface area (Å²) < 4.78 is 0. The SMILES string of the molecule is O=CC1CC(N2CCCCC2)=CCC1[N+](=O)[O-]. The number of piperidine rings is 1. The van der Waals surface area contributed by atoms with Crippen LogP contribution in [0.25, 0.3) is 0 Å². The minimum atomic E-state index is -0.721. The van der Waals surface area contributed by atoms with Crippen molar-refractivity contribution in [3.8, 4) is 0 Å². The highest BCUT2D eigenvalue weighted by molar-refractivity contribution is 5.55. The second kappa shape index (κ2) is 5.29. The van der Waals surface area contributed by atoms with Crippen LogP contribution in [0.4, 0.5) is 0 Å². The van der Waals surface area contributed by atoms with Crippen LogP contribution in [0.5, 0.6) is 0 Å². The van der Waals surface area contributed by atoms with Crippen LogP contribution in [0.2, 0.25) is 0 Å². The lowest BCUT2D eigenvalue weighted by molar-refractivity contribution is -0.528. The van der Waals surface area contributed by atoms with Gasteiger partial charge in [-0.25, -0.2) is 0 Å². The van der Waals surface area contributed by atoms with Crippen LogP contribution >= 0.6 is 0 Å². The maximum atomic E-state index is 11.0. The van der Waals surface area contributed by atoms with Gasteiger partial charge in [0.1, 0.15) is 6.29 Å². The molecule has 2 rings (SSSR count). The van der Waals surface area contributed by atoms with Gasteiger partial charge in [-0.15, -0.1) is 0 Å². The zero-order valence-electron chi connectivity index (χ0n) is 9.88. The fourth-order valence-electron chi connectivity index (χ4n) is 2.71. The van der Waals surface area contributed by atoms with Crippen molar-refractivity contribution in [3.63, 3.8) is 0 Å². The zero-order chi connectivity index (χ0) is 12.3. The van der Waals surface area contributed by atoms with E-state index in [1.54, 1.807) is 0 Å². The lowest BCUT2D eigenvalue weighted by atomic mass is 9.87. The number of hydrogen-bond donors (Lipinski definition) is 0. The van der Waals surface area contributed by atoms with E-state index >= 15 is 0 Å². The van der Waals surface area contributed by atoms with Crippen molar-refractivity contribution in [3.05, 3.63) is 21.9 Å². The monoisotopic (exact) mass is 238 g/mol. The van der Waals surface area contributed by atoms with Gasteiger partial charge in [-0.3, -0.25) is 10.1 Å². The molecule has 1 heterocycles. The first-order valence-corrected chi connectivity index (χ1v) is 6.25. The number of allylic oxidation sites excluding steroid dienone is 1. The second-order valence-corrected chi connectivity index (χ2v) is 4.84. The van der Waals surface area contributed by atoms with Crippen molar-refractivity contribution in [2.24, 2.45) is 5.92 Å². The third-order valence-electron chi connectivity index (χ3n) is 3.74. The van der Waals surface area contributed by atoms with Crippen LogP contribution in [0.1, 0.15) is 32.1 Å². The Kier molecular flexibility index (Phi) is 3.76. The molecule has 0 bridgehead atoms. The Balaban J connectivity index is 2.05. The van der Waals surface area contributed by atoms with E-state index < -0.39 is 12.0 Å². The number of likely N-dealkylation sites (tertiary alicyclic amines) is 1. The topological polar surface area (TPSA) is 63.5 Å². The number of nitrogens with zero attached hydrogens (tertiary/aromatic N) is 2. The fourth-order valence-corrected chi connectivity index (χ4v) is 2.71. The normalized spacial score (nSPS) is 29.6. The molecule has 2 unspecified atom stereocenters. The quantitative estimate of drug-likeness (QED) is 0.425. The zero-order valence-corrected chi connectivity index (χ0v) is 9.88. The van der Waals surface area contributed by atoms with E-state index in [-0.39, 0.29) is 4.92 Å². The summed E-state index contributed by atoms with van der Waals surface area (Å²) in [5.74, 6) is -0.452. The van der Waals surface area contributed by atoms with E-state index in [2.05, 4.69) is 4.90 Å². The molecule has 0 spiro atoms. The van der Waals surface area contributed by atoms with Gasteiger partial charge in [0.15, 0.2) is 0 Å². The van der Waals surface area contributed by atoms with Gasteiger partial charge in [0.05, 0.1) is 5.92 Å². The van der Waals surface area contributed by atoms with Crippen molar-refractivity contribution in [2.75, 3.05) is 13.1 Å². The van der Waals surface area contributed by atoms with Crippen molar-refractivity contribution < 1.29 is 9.72 Å². The lowest BCUT2D eigenvalue weighted by Crippen LogP contribution is -2.37. The highest BCUT2D eigenvalue weighted by Crippen LogP contribution is 2.28. The number of rotatable bonds is 3. The number of aldehydes is 1. The molecule has 0 aromatic carbocycles. The molecule has 1 fully saturated rings. The minimum absolute atomic E-state index is 0.317. The van der Waals surface area contributed by atoms with Crippen LogP contribution in [0, 0.1) is 16.0 Å². The average Bonchev–Trinajstić information content (AvgIpc) is 2.39. The summed E-state index contributed by atoms with van der Waals surface area (Å²) in [6.45, 7) is 2.06. The molecule has 1 aliphatic carbocycles. The first kappa shape index (κ1) is 12.1. The van der Waals surface area contributed by atoms with Gasteiger partial charge in [0, 0.05) is 36.6 Å². The molecule has 5 heteroatoms. The van der Waals surface area contributed by atoms with Gasteiger partial charge in [-0.05, 0) is 19.3 Å². The van der Waals surface area contributed by atoms with Gasteiger partial charge >= 0.3 is 0 Å². The number of hydrogen-bond acceptors (Lipinski definition) is 4. The fraction of sp³-hybridized carbons (Fsp3) is 0.750. The van der Waals surface area contributed by atoms with E-state index in [4.69, 9.17) is 0 Å². The van der Waals surface area contributed by atoms with E-state index in [0.29, 0.717) is 12.8 Å². The lowest BCUT2D eigenvalue weighted by Gasteiger charge is -2.34. The Labute approximate surface area is 101 Å². The first-order chi connectivity index (χ1) is 8.22. The molecule has 0 radical (unpaired) electrons. The molecular formula is C12H18N2O3. The van der Waals surface area contributed by atoms with E-state index in [1.807, 2.05) is 6.08 Å². The third kappa shape index (κ3) is 2.65. The molecule has 0 N–H and O–H groups in total. The Bertz CT molecular complexity index is 335. The molecule has 2 aliphatic rings. The predicted octanol–water partition coefficient (Wildman–Crippen LogP) is 1.61. The first-order valence-electron chi connectivity index (χ1n) is 6.25. The van der Waals surface area contributed by atoms with Gasteiger partial charge in [0.2, 0.25) is 6.04 Å². The molecule has 5 nitrogen and oxygen atoms in total. The van der Waals surface area contributed by atoms with E-state index in [9.17, 15) is 14.9 Å². The third-order valence-corrected chi connectivity index (χ3v) is 3.74. The van der Waals surface area contributed by atoms with Gasteiger partial charge in [-0.2, -0.15) is 0 Å². The molecule has 0 aromatic rings. The highest BCUT2D eigenvalue weighted by atomic mass is 16.6. The summed E-state index contributed by atoms with van der Waals surface area (Å²) in [6, 6.07) is -0.721. The number of nitro groups is 1. The standard InChI is InChI=1S/C12H18N2O3/c15-9-10-8-11(4-5-12(10)14(16)17)13-6-2-1-3-7-13/h4,9-10,12H,1-3,5-8H2. The summed E-state index contributed by atoms with van der Waals surface area (Å²) in [5.41, 5.74) is 1.14. The predicted molar refractivity (Wildman–Crippen MR) is 63.1 cm³/mol. The van der Waals surface area contributed by atoms with E-state index in [0.717, 1.165) is 25.1 Å². The van der Waals surface area contributed by atoms with Gasteiger partial charge in [-0.1, -0.05) is 6.08 Å². The largest absolute Gasteiger partial charge is 0.375 e. The Morgan fingerprint density at radius 3 is 2.65 bits per heavy atom. The summed E-state index contributed by atoms with van der Waals surface area (Å²) in [4.78, 5) is 23.7. The summed E-state index contributed by atoms with van der Waals surface area (Å²) >= 11 is 0. The van der Waals surface area contributed by atoms with Gasteiger partial charge in [0.25, 0.3) is 0 Å². The smallest absolute Gasteiger partial charge is 0.226 e. The molecule has 0 amide bonds. The van der Waals surface area contributed by atoms with Crippen molar-refractivity contribution in [1.29, 1.82) is 0 Å². The van der Waals surface area contributed by atoms with Crippen molar-refractivity contribution >= 4 is 6.29 Å². The number of carbonyl (C=O) groups is 1. The Morgan fingerprint density at radius 2 is 2.06 bits per heavy atom. The highest BCUT2D eigenvalue weighted by Gasteiger charge is 2.35. The van der Waals surface area contributed by atoms with Crippen LogP contribution < -0.4 is 0 Å². The van der Waals surface area contributed by atoms with Crippen LogP contribution in [-0.2, 0) is 4.79 Å². The molecule has 2 atom stereocenters. The van der Waals surface area contributed by atoms with Crippen LogP contribution in [0.3, 0.4) is 0 Å². The summed E-state index contributed by atoms with van der Waals surface area (Å²) in [6.07, 6.45) is 7.27. The van der Waals surface area contributed by atoms with Crippen LogP contribution in [0.15, 0.2) is 11.8 Å². The van der Waals surface area contributed by atoms with Gasteiger partial charge < -0.3 is 9.69 Å². The molecule has 0 aromatic heterocycles. The molecule has 17 heavy (non-hydrogen) atoms. The molecule has 1 saturated heterocycles. The molecule has 94 valence electrons. The summed E-state index contributed by atoms with van der Waals surface area (Å²) in [7, 11) is 0. The maximum absolute atomic E-state index is 11.0. The maximum Gasteiger partial charge on any atom is 0.226 e. The van der Waals surface area contributed by atoms with E-state index in [1.165, 1.54) is 19.3 Å². The van der Waals surface area contributed by atoms with Crippen LogP contribution in [-0.4, -0.2) is 35.2 Å². The van der Waals surface area contributed by atoms with Crippen molar-refractivity contribution in [2.45, 2.75) is 38.1 Å². The average molecular weight is 238 g/mol. The second-order valence-electron chi connectivity index (χ2n) is 4.84.